The van der Waals surface area contributed by atoms with E-state index in [9.17, 15) is 0 Å². The van der Waals surface area contributed by atoms with Crippen LogP contribution in [0.1, 0.15) is 25.2 Å². The number of aromatic nitrogens is 1. The summed E-state index contributed by atoms with van der Waals surface area (Å²) < 4.78 is 11.7. The summed E-state index contributed by atoms with van der Waals surface area (Å²) in [5.74, 6) is 0. The topological polar surface area (TPSA) is 51.6 Å². The number of rotatable bonds is 8. The Morgan fingerprint density at radius 2 is 1.79 bits per heavy atom. The molecule has 1 aromatic heterocycles. The van der Waals surface area contributed by atoms with Crippen LogP contribution in [0, 0.1) is 5.41 Å². The van der Waals surface area contributed by atoms with Crippen molar-refractivity contribution in [3.63, 3.8) is 0 Å². The molecule has 0 aliphatic heterocycles. The Kier molecular flexibility index (Phi) is 6.88. The van der Waals surface area contributed by atoms with Crippen molar-refractivity contribution in [3.05, 3.63) is 29.6 Å². The van der Waals surface area contributed by atoms with Gasteiger partial charge >= 0.3 is 0 Å². The van der Waals surface area contributed by atoms with E-state index >= 15 is 0 Å². The molecule has 0 amide bonds. The third-order valence-electron chi connectivity index (χ3n) is 2.94. The Morgan fingerprint density at radius 1 is 1.21 bits per heavy atom. The van der Waals surface area contributed by atoms with E-state index in [-0.39, 0.29) is 18.3 Å². The van der Waals surface area contributed by atoms with Gasteiger partial charge in [0.25, 0.3) is 0 Å². The van der Waals surface area contributed by atoms with Gasteiger partial charge in [-0.15, -0.1) is 0 Å². The maximum absolute atomic E-state index is 9.14. The van der Waals surface area contributed by atoms with Crippen molar-refractivity contribution < 1.29 is 14.0 Å². The summed E-state index contributed by atoms with van der Waals surface area (Å²) in [6, 6.07) is 5.76. The Morgan fingerprint density at radius 3 is 2.32 bits per heavy atom. The second-order valence-electron chi connectivity index (χ2n) is 5.19. The van der Waals surface area contributed by atoms with Crippen molar-refractivity contribution in [2.45, 2.75) is 46.3 Å². The highest BCUT2D eigenvalue weighted by Gasteiger charge is 2.30. The fourth-order valence-corrected chi connectivity index (χ4v) is 3.96. The van der Waals surface area contributed by atoms with Crippen LogP contribution in [0.25, 0.3) is 0 Å². The molecule has 0 bridgehead atoms. The van der Waals surface area contributed by atoms with E-state index < -0.39 is 19.5 Å². The van der Waals surface area contributed by atoms with Crippen LogP contribution in [0.5, 0.6) is 0 Å². The molecule has 4 nitrogen and oxygen atoms in total. The Labute approximate surface area is 120 Å². The summed E-state index contributed by atoms with van der Waals surface area (Å²) in [6.07, 6.45) is 0.661. The first-order valence-corrected chi connectivity index (χ1v) is 10.8. The minimum absolute atomic E-state index is 0.0194. The SMILES string of the molecule is C[SiH2]OC(O[SiH2]C)C(C)(C)Cc1cccc(CO)n1. The van der Waals surface area contributed by atoms with E-state index in [0.29, 0.717) is 5.69 Å². The van der Waals surface area contributed by atoms with Gasteiger partial charge in [-0.3, -0.25) is 4.98 Å². The zero-order chi connectivity index (χ0) is 14.3. The first-order valence-electron chi connectivity index (χ1n) is 6.82. The molecule has 0 aromatic carbocycles. The van der Waals surface area contributed by atoms with Crippen LogP contribution >= 0.6 is 0 Å². The fraction of sp³-hybridized carbons (Fsp3) is 0.615. The van der Waals surface area contributed by atoms with Gasteiger partial charge in [0, 0.05) is 11.1 Å². The second kappa shape index (κ2) is 7.91. The van der Waals surface area contributed by atoms with Crippen molar-refractivity contribution in [2.75, 3.05) is 0 Å². The fourth-order valence-electron chi connectivity index (χ4n) is 2.07. The van der Waals surface area contributed by atoms with Crippen LogP contribution in [-0.4, -0.2) is 35.9 Å². The molecule has 0 saturated heterocycles. The van der Waals surface area contributed by atoms with Crippen molar-refractivity contribution in [1.29, 1.82) is 0 Å². The average molecular weight is 300 g/mol. The van der Waals surface area contributed by atoms with E-state index in [1.807, 2.05) is 18.2 Å². The summed E-state index contributed by atoms with van der Waals surface area (Å²) in [5.41, 5.74) is 1.58. The third kappa shape index (κ3) is 5.15. The predicted octanol–water partition coefficient (Wildman–Crippen LogP) is 0.766. The molecule has 0 fully saturated rings. The third-order valence-corrected chi connectivity index (χ3v) is 4.21. The van der Waals surface area contributed by atoms with Gasteiger partial charge in [-0.2, -0.15) is 0 Å². The first-order chi connectivity index (χ1) is 9.03. The van der Waals surface area contributed by atoms with E-state index in [2.05, 4.69) is 31.9 Å². The van der Waals surface area contributed by atoms with Gasteiger partial charge in [-0.1, -0.05) is 33.0 Å². The Hall–Kier alpha value is -0.536. The molecule has 0 aliphatic carbocycles. The molecule has 19 heavy (non-hydrogen) atoms. The zero-order valence-corrected chi connectivity index (χ0v) is 15.2. The van der Waals surface area contributed by atoms with Gasteiger partial charge in [-0.05, 0) is 18.6 Å². The molecular weight excluding hydrogens is 274 g/mol. The van der Waals surface area contributed by atoms with Crippen LogP contribution in [-0.2, 0) is 21.9 Å². The molecular formula is C13H25NO3Si2. The number of aliphatic hydroxyl groups excluding tert-OH is 1. The Balaban J connectivity index is 2.80. The number of hydrogen-bond donors (Lipinski definition) is 1. The monoisotopic (exact) mass is 299 g/mol. The molecule has 0 aliphatic rings. The largest absolute Gasteiger partial charge is 0.400 e. The van der Waals surface area contributed by atoms with Gasteiger partial charge in [0.15, 0.2) is 19.5 Å². The van der Waals surface area contributed by atoms with Gasteiger partial charge in [0.05, 0.1) is 12.3 Å². The summed E-state index contributed by atoms with van der Waals surface area (Å²) in [4.78, 5) is 4.44. The van der Waals surface area contributed by atoms with E-state index in [4.69, 9.17) is 14.0 Å². The van der Waals surface area contributed by atoms with Crippen LogP contribution in [0.2, 0.25) is 13.1 Å². The molecule has 0 unspecified atom stereocenters. The van der Waals surface area contributed by atoms with Gasteiger partial charge in [-0.25, -0.2) is 0 Å². The lowest BCUT2D eigenvalue weighted by molar-refractivity contribution is -0.0786. The molecule has 0 radical (unpaired) electrons. The van der Waals surface area contributed by atoms with Crippen molar-refractivity contribution in [2.24, 2.45) is 5.41 Å². The van der Waals surface area contributed by atoms with Crippen molar-refractivity contribution >= 4 is 19.5 Å². The molecule has 1 rings (SSSR count). The van der Waals surface area contributed by atoms with Crippen molar-refractivity contribution in [3.8, 4) is 0 Å². The zero-order valence-electron chi connectivity index (χ0n) is 12.3. The first kappa shape index (κ1) is 16.5. The Bertz CT molecular complexity index is 382. The lowest BCUT2D eigenvalue weighted by atomic mass is 9.87. The lowest BCUT2D eigenvalue weighted by Gasteiger charge is -2.34. The normalized spacial score (nSPS) is 14.8. The molecule has 0 atom stereocenters. The van der Waals surface area contributed by atoms with Gasteiger partial charge in [0.2, 0.25) is 0 Å². The average Bonchev–Trinajstić information content (AvgIpc) is 2.38. The maximum Gasteiger partial charge on any atom is 0.161 e. The van der Waals surface area contributed by atoms with E-state index in [0.717, 1.165) is 12.1 Å². The smallest absolute Gasteiger partial charge is 0.161 e. The lowest BCUT2D eigenvalue weighted by Crippen LogP contribution is -2.37. The highest BCUT2D eigenvalue weighted by Crippen LogP contribution is 2.28. The van der Waals surface area contributed by atoms with Crippen molar-refractivity contribution in [1.82, 2.24) is 4.98 Å². The minimum Gasteiger partial charge on any atom is -0.400 e. The minimum atomic E-state index is -0.498. The summed E-state index contributed by atoms with van der Waals surface area (Å²) >= 11 is 0. The molecule has 1 N–H and O–H groups in total. The molecule has 0 spiro atoms. The molecule has 108 valence electrons. The molecule has 6 heteroatoms. The molecule has 1 heterocycles. The highest BCUT2D eigenvalue weighted by atomic mass is 28.2. The highest BCUT2D eigenvalue weighted by molar-refractivity contribution is 6.26. The van der Waals surface area contributed by atoms with Crippen LogP contribution in [0.3, 0.4) is 0 Å². The van der Waals surface area contributed by atoms with Crippen LogP contribution < -0.4 is 0 Å². The molecule has 0 saturated carbocycles. The molecule has 1 aromatic rings. The summed E-state index contributed by atoms with van der Waals surface area (Å²) in [6.45, 7) is 8.52. The van der Waals surface area contributed by atoms with Gasteiger partial charge < -0.3 is 14.0 Å². The summed E-state index contributed by atoms with van der Waals surface area (Å²) in [5, 5.41) is 9.14. The van der Waals surface area contributed by atoms with Crippen LogP contribution in [0.15, 0.2) is 18.2 Å². The maximum atomic E-state index is 9.14. The number of hydrogen-bond acceptors (Lipinski definition) is 4. The van der Waals surface area contributed by atoms with E-state index in [1.54, 1.807) is 0 Å². The predicted molar refractivity (Wildman–Crippen MR) is 82.4 cm³/mol. The quantitative estimate of drug-likeness (QED) is 0.569. The van der Waals surface area contributed by atoms with Gasteiger partial charge in [0.1, 0.15) is 6.29 Å². The number of nitrogens with zero attached hydrogens (tertiary/aromatic N) is 1. The van der Waals surface area contributed by atoms with E-state index in [1.165, 1.54) is 0 Å². The standard InChI is InChI=1S/C13H25NO3Si2/c1-13(2,12(16-18-3)17-19-4)8-10-6-5-7-11(9-15)14-10/h5-7,12,15H,8-9,18-19H2,1-4H3. The van der Waals surface area contributed by atoms with Crippen LogP contribution in [0.4, 0.5) is 0 Å². The number of pyridine rings is 1. The summed E-state index contributed by atoms with van der Waals surface area (Å²) in [7, 11) is -0.996. The number of aliphatic hydroxyl groups is 1. The second-order valence-corrected chi connectivity index (χ2v) is 7.01.